The zero-order valence-corrected chi connectivity index (χ0v) is 27.7. The molecular weight excluding hydrogens is 637 g/mol. The number of carbonyl (C=O) groups is 1. The zero-order valence-electron chi connectivity index (χ0n) is 27.7. The van der Waals surface area contributed by atoms with Crippen LogP contribution in [0.4, 0.5) is 0 Å². The Bertz CT molecular complexity index is 2360. The van der Waals surface area contributed by atoms with Crippen molar-refractivity contribution in [2.24, 2.45) is 0 Å². The van der Waals surface area contributed by atoms with E-state index >= 15 is 0 Å². The van der Waals surface area contributed by atoms with E-state index in [-0.39, 0.29) is 5.56 Å². The van der Waals surface area contributed by atoms with Gasteiger partial charge in [-0.3, -0.25) is 4.57 Å². The summed E-state index contributed by atoms with van der Waals surface area (Å²) in [6.07, 6.45) is 0. The van der Waals surface area contributed by atoms with Crippen LogP contribution in [-0.2, 0) is 12.1 Å². The van der Waals surface area contributed by atoms with E-state index in [1.165, 1.54) is 7.11 Å². The Morgan fingerprint density at radius 3 is 1.82 bits per heavy atom. The van der Waals surface area contributed by atoms with Crippen LogP contribution >= 0.6 is 0 Å². The van der Waals surface area contributed by atoms with Crippen LogP contribution in [0.25, 0.3) is 33.5 Å². The van der Waals surface area contributed by atoms with Crippen molar-refractivity contribution in [3.63, 3.8) is 0 Å². The summed E-state index contributed by atoms with van der Waals surface area (Å²) >= 11 is 0. The van der Waals surface area contributed by atoms with Crippen LogP contribution in [0.3, 0.4) is 0 Å². The number of nitrogens with zero attached hydrogens (tertiary/aromatic N) is 6. The number of carboxylic acids is 1. The number of methoxy groups -OCH3 is 1. The molecule has 6 aromatic carbocycles. The molecule has 51 heavy (non-hydrogen) atoms. The molecule has 8 rings (SSSR count). The molecular formula is C42H32N6O3. The van der Waals surface area contributed by atoms with E-state index in [9.17, 15) is 9.90 Å². The monoisotopic (exact) mass is 668 g/mol. The van der Waals surface area contributed by atoms with Gasteiger partial charge in [-0.15, -0.1) is 5.10 Å². The van der Waals surface area contributed by atoms with Gasteiger partial charge in [-0.2, -0.15) is 4.98 Å². The maximum absolute atomic E-state index is 12.1. The fourth-order valence-corrected chi connectivity index (χ4v) is 7.03. The molecule has 2 heterocycles. The van der Waals surface area contributed by atoms with Gasteiger partial charge in [0.05, 0.1) is 30.3 Å². The lowest BCUT2D eigenvalue weighted by atomic mass is 9.77. The number of carboxylic acid groups (broad SMARTS) is 1. The molecule has 0 spiro atoms. The van der Waals surface area contributed by atoms with Crippen molar-refractivity contribution >= 4 is 17.0 Å². The van der Waals surface area contributed by atoms with Crippen LogP contribution in [0.1, 0.15) is 32.6 Å². The Labute approximate surface area is 294 Å². The highest BCUT2D eigenvalue weighted by atomic mass is 16.5. The number of tetrazole rings is 1. The van der Waals surface area contributed by atoms with Gasteiger partial charge in [0, 0.05) is 5.56 Å². The number of fused-ring (bicyclic) bond motifs is 1. The van der Waals surface area contributed by atoms with Gasteiger partial charge in [0.1, 0.15) is 5.54 Å². The number of hydrogen-bond acceptors (Lipinski definition) is 6. The fourth-order valence-electron chi connectivity index (χ4n) is 7.03. The lowest BCUT2D eigenvalue weighted by molar-refractivity contribution is 0.0698. The summed E-state index contributed by atoms with van der Waals surface area (Å²) in [5.74, 6) is -0.406. The second-order valence-electron chi connectivity index (χ2n) is 12.1. The van der Waals surface area contributed by atoms with E-state index in [0.29, 0.717) is 29.4 Å². The smallest absolute Gasteiger partial charge is 0.337 e. The van der Waals surface area contributed by atoms with Gasteiger partial charge in [0.15, 0.2) is 5.82 Å². The first-order chi connectivity index (χ1) is 25.1. The summed E-state index contributed by atoms with van der Waals surface area (Å²) < 4.78 is 9.30. The highest BCUT2D eigenvalue weighted by Crippen LogP contribution is 2.43. The molecule has 2 aromatic heterocycles. The van der Waals surface area contributed by atoms with Crippen molar-refractivity contribution in [2.75, 3.05) is 7.11 Å². The lowest BCUT2D eigenvalue weighted by Gasteiger charge is -2.36. The Hall–Kier alpha value is -6.87. The highest BCUT2D eigenvalue weighted by Gasteiger charge is 2.42. The summed E-state index contributed by atoms with van der Waals surface area (Å²) in [7, 11) is 1.54. The maximum atomic E-state index is 12.1. The van der Waals surface area contributed by atoms with E-state index in [0.717, 1.165) is 38.9 Å². The number of rotatable bonds is 10. The first kappa shape index (κ1) is 31.4. The Kier molecular flexibility index (Phi) is 8.13. The molecule has 0 aliphatic rings. The van der Waals surface area contributed by atoms with E-state index in [4.69, 9.17) is 9.95 Å². The number of hydrogen-bond donors (Lipinski definition) is 1. The summed E-state index contributed by atoms with van der Waals surface area (Å²) in [6, 6.07) is 52.7. The van der Waals surface area contributed by atoms with Crippen LogP contribution in [0.2, 0.25) is 0 Å². The minimum atomic E-state index is -1.02. The third-order valence-electron chi connectivity index (χ3n) is 9.28. The van der Waals surface area contributed by atoms with Gasteiger partial charge in [0.25, 0.3) is 6.01 Å². The second-order valence-corrected chi connectivity index (χ2v) is 12.1. The summed E-state index contributed by atoms with van der Waals surface area (Å²) in [5.41, 5.74) is 7.18. The number of para-hydroxylation sites is 1. The minimum Gasteiger partial charge on any atom is -0.478 e. The SMILES string of the molecule is COc1nc2cccc(C(=O)O)c2n1Cc1ccc(-c2ccccc2-c2nnnn2C(c2ccccc2)(c2ccccc2)c2ccccc2)cc1. The van der Waals surface area contributed by atoms with E-state index in [1.807, 2.05) is 89.6 Å². The van der Waals surface area contributed by atoms with Crippen LogP contribution in [0.5, 0.6) is 6.01 Å². The minimum absolute atomic E-state index is 0.171. The predicted molar refractivity (Wildman–Crippen MR) is 196 cm³/mol. The molecule has 0 unspecified atom stereocenters. The Morgan fingerprint density at radius 2 is 1.25 bits per heavy atom. The molecule has 1 N–H and O–H groups in total. The molecule has 0 bridgehead atoms. The van der Waals surface area contributed by atoms with Crippen LogP contribution < -0.4 is 4.74 Å². The molecule has 0 radical (unpaired) electrons. The summed E-state index contributed by atoms with van der Waals surface area (Å²) in [6.45, 7) is 0.373. The number of imidazole rings is 1. The Balaban J connectivity index is 1.25. The zero-order chi connectivity index (χ0) is 34.8. The van der Waals surface area contributed by atoms with Gasteiger partial charge in [-0.25, -0.2) is 9.48 Å². The van der Waals surface area contributed by atoms with Crippen molar-refractivity contribution in [1.29, 1.82) is 0 Å². The normalized spacial score (nSPS) is 11.5. The summed E-state index contributed by atoms with van der Waals surface area (Å²) in [4.78, 5) is 16.6. The molecule has 8 aromatic rings. The second kappa shape index (κ2) is 13.2. The van der Waals surface area contributed by atoms with Crippen molar-refractivity contribution in [1.82, 2.24) is 29.8 Å². The highest BCUT2D eigenvalue weighted by molar-refractivity contribution is 6.01. The van der Waals surface area contributed by atoms with Crippen molar-refractivity contribution in [3.05, 3.63) is 186 Å². The molecule has 0 fully saturated rings. The average Bonchev–Trinajstić information content (AvgIpc) is 3.82. The molecule has 0 saturated heterocycles. The molecule has 0 aliphatic carbocycles. The Morgan fingerprint density at radius 1 is 0.686 bits per heavy atom. The first-order valence-corrected chi connectivity index (χ1v) is 16.5. The number of aromatic carboxylic acids is 1. The van der Waals surface area contributed by atoms with Gasteiger partial charge in [-0.1, -0.05) is 146 Å². The number of aromatic nitrogens is 6. The molecule has 0 amide bonds. The molecule has 0 aliphatic heterocycles. The van der Waals surface area contributed by atoms with Crippen LogP contribution in [0.15, 0.2) is 158 Å². The summed E-state index contributed by atoms with van der Waals surface area (Å²) in [5, 5.41) is 23.6. The molecule has 248 valence electrons. The molecule has 9 heteroatoms. The van der Waals surface area contributed by atoms with Crippen molar-refractivity contribution in [2.45, 2.75) is 12.1 Å². The molecule has 9 nitrogen and oxygen atoms in total. The fraction of sp³-hybridized carbons (Fsp3) is 0.0714. The van der Waals surface area contributed by atoms with Gasteiger partial charge >= 0.3 is 5.97 Å². The third kappa shape index (κ3) is 5.41. The van der Waals surface area contributed by atoms with Crippen molar-refractivity contribution < 1.29 is 14.6 Å². The van der Waals surface area contributed by atoms with Gasteiger partial charge in [-0.05, 0) is 55.9 Å². The van der Waals surface area contributed by atoms with E-state index in [1.54, 1.807) is 22.8 Å². The number of benzene rings is 6. The van der Waals surface area contributed by atoms with E-state index < -0.39 is 11.5 Å². The first-order valence-electron chi connectivity index (χ1n) is 16.5. The van der Waals surface area contributed by atoms with E-state index in [2.05, 4.69) is 69.9 Å². The quantitative estimate of drug-likeness (QED) is 0.147. The third-order valence-corrected chi connectivity index (χ3v) is 9.28. The van der Waals surface area contributed by atoms with Crippen LogP contribution in [-0.4, -0.2) is 47.9 Å². The average molecular weight is 669 g/mol. The van der Waals surface area contributed by atoms with Crippen LogP contribution in [0, 0.1) is 0 Å². The van der Waals surface area contributed by atoms with Gasteiger partial charge in [0.2, 0.25) is 0 Å². The standard InChI is InChI=1S/C42H32N6O3/c1-51-41-43-37-23-13-22-36(40(49)50)38(37)47(41)28-29-24-26-30(27-25-29)34-20-11-12-21-35(34)39-44-45-46-48(39)42(31-14-5-2-6-15-31,32-16-7-3-8-17-32)33-18-9-4-10-19-33/h2-27H,28H2,1H3,(H,49,50). The topological polar surface area (TPSA) is 108 Å². The predicted octanol–water partition coefficient (Wildman–Crippen LogP) is 7.95. The molecule has 0 saturated carbocycles. The maximum Gasteiger partial charge on any atom is 0.337 e. The molecule has 0 atom stereocenters. The van der Waals surface area contributed by atoms with Gasteiger partial charge < -0.3 is 9.84 Å². The number of ether oxygens (including phenoxy) is 1. The van der Waals surface area contributed by atoms with Crippen molar-refractivity contribution in [3.8, 4) is 28.5 Å². The largest absolute Gasteiger partial charge is 0.478 e. The lowest BCUT2D eigenvalue weighted by Crippen LogP contribution is -2.39.